The SMILES string of the molecule is COC(=O)P(=O)([O-])Oc1c(C)cccc1C.[Na+]. The van der Waals surface area contributed by atoms with Crippen molar-refractivity contribution in [3.63, 3.8) is 0 Å². The number of carbonyl (C=O) groups excluding carboxylic acids is 1. The molecule has 0 saturated carbocycles. The van der Waals surface area contributed by atoms with Gasteiger partial charge in [0.15, 0.2) is 0 Å². The van der Waals surface area contributed by atoms with Gasteiger partial charge in [0.1, 0.15) is 5.75 Å². The van der Waals surface area contributed by atoms with E-state index in [2.05, 4.69) is 4.74 Å². The maximum Gasteiger partial charge on any atom is 1.00 e. The molecule has 1 aromatic rings. The van der Waals surface area contributed by atoms with E-state index in [4.69, 9.17) is 4.52 Å². The fourth-order valence-corrected chi connectivity index (χ4v) is 2.04. The van der Waals surface area contributed by atoms with Gasteiger partial charge in [-0.15, -0.1) is 0 Å². The third kappa shape index (κ3) is 4.12. The number of aryl methyl sites for hydroxylation is 2. The molecule has 0 saturated heterocycles. The molecular weight excluding hydrogens is 254 g/mol. The summed E-state index contributed by atoms with van der Waals surface area (Å²) < 4.78 is 20.2. The summed E-state index contributed by atoms with van der Waals surface area (Å²) in [4.78, 5) is 22.3. The van der Waals surface area contributed by atoms with Gasteiger partial charge in [0, 0.05) is 0 Å². The molecule has 0 radical (unpaired) electrons. The first-order chi connectivity index (χ1) is 7.38. The summed E-state index contributed by atoms with van der Waals surface area (Å²) in [6.07, 6.45) is 0. The Balaban J connectivity index is 0.00000256. The summed E-state index contributed by atoms with van der Waals surface area (Å²) >= 11 is 0. The third-order valence-corrected chi connectivity index (χ3v) is 3.07. The fourth-order valence-electron chi connectivity index (χ4n) is 1.21. The molecule has 0 aromatic heterocycles. The molecule has 0 bridgehead atoms. The summed E-state index contributed by atoms with van der Waals surface area (Å²) in [5.41, 5.74) is -0.102. The Hall–Kier alpha value is -0.320. The Kier molecular flexibility index (Phi) is 6.45. The van der Waals surface area contributed by atoms with Gasteiger partial charge in [-0.05, 0) is 25.0 Å². The van der Waals surface area contributed by atoms with Crippen LogP contribution in [0.25, 0.3) is 0 Å². The van der Waals surface area contributed by atoms with Gasteiger partial charge in [-0.1, -0.05) is 18.2 Å². The molecule has 5 nitrogen and oxygen atoms in total. The monoisotopic (exact) mass is 266 g/mol. The Morgan fingerprint density at radius 3 is 2.18 bits per heavy atom. The quantitative estimate of drug-likeness (QED) is 0.518. The molecule has 0 fully saturated rings. The number of hydrogen-bond donors (Lipinski definition) is 0. The minimum Gasteiger partial charge on any atom is -0.761 e. The maximum atomic E-state index is 11.4. The van der Waals surface area contributed by atoms with Crippen molar-refractivity contribution in [1.82, 2.24) is 0 Å². The second kappa shape index (κ2) is 6.57. The van der Waals surface area contributed by atoms with Crippen LogP contribution in [0.15, 0.2) is 18.2 Å². The molecule has 0 heterocycles. The molecule has 1 rings (SSSR count). The van der Waals surface area contributed by atoms with Crippen molar-refractivity contribution in [3.8, 4) is 5.75 Å². The Morgan fingerprint density at radius 2 is 1.76 bits per heavy atom. The van der Waals surface area contributed by atoms with Crippen molar-refractivity contribution in [2.75, 3.05) is 7.11 Å². The fraction of sp³-hybridized carbons (Fsp3) is 0.300. The van der Waals surface area contributed by atoms with Gasteiger partial charge in [-0.3, -0.25) is 4.57 Å². The largest absolute Gasteiger partial charge is 1.00 e. The topological polar surface area (TPSA) is 75.7 Å². The molecule has 1 unspecified atom stereocenters. The molecule has 0 aliphatic carbocycles. The first-order valence-corrected chi connectivity index (χ1v) is 6.08. The van der Waals surface area contributed by atoms with Gasteiger partial charge in [-0.2, -0.15) is 0 Å². The van der Waals surface area contributed by atoms with E-state index >= 15 is 0 Å². The average Bonchev–Trinajstić information content (AvgIpc) is 2.22. The minimum absolute atomic E-state index is 0. The van der Waals surface area contributed by atoms with E-state index < -0.39 is 13.3 Å². The summed E-state index contributed by atoms with van der Waals surface area (Å²) in [6.45, 7) is 3.39. The van der Waals surface area contributed by atoms with Crippen LogP contribution in [0.4, 0.5) is 4.79 Å². The molecule has 0 aliphatic heterocycles. The molecule has 17 heavy (non-hydrogen) atoms. The van der Waals surface area contributed by atoms with Crippen LogP contribution in [0.2, 0.25) is 0 Å². The molecule has 1 aromatic carbocycles. The van der Waals surface area contributed by atoms with Crippen molar-refractivity contribution in [3.05, 3.63) is 29.3 Å². The predicted molar refractivity (Wildman–Crippen MR) is 56.6 cm³/mol. The van der Waals surface area contributed by atoms with Crippen molar-refractivity contribution in [2.45, 2.75) is 13.8 Å². The van der Waals surface area contributed by atoms with Crippen molar-refractivity contribution < 1.29 is 53.1 Å². The Labute approximate surface area is 122 Å². The Morgan fingerprint density at radius 1 is 1.29 bits per heavy atom. The van der Waals surface area contributed by atoms with Crippen molar-refractivity contribution >= 4 is 13.3 Å². The molecule has 7 heteroatoms. The van der Waals surface area contributed by atoms with E-state index in [1.165, 1.54) is 0 Å². The molecule has 0 aliphatic rings. The van der Waals surface area contributed by atoms with Crippen LogP contribution in [0.5, 0.6) is 5.75 Å². The van der Waals surface area contributed by atoms with E-state index in [0.717, 1.165) is 7.11 Å². The van der Waals surface area contributed by atoms with Crippen LogP contribution in [-0.2, 0) is 9.30 Å². The van der Waals surface area contributed by atoms with Gasteiger partial charge >= 0.3 is 35.3 Å². The molecule has 0 N–H and O–H groups in total. The van der Waals surface area contributed by atoms with Gasteiger partial charge in [0.25, 0.3) is 7.60 Å². The van der Waals surface area contributed by atoms with Gasteiger partial charge in [0.05, 0.1) is 7.11 Å². The molecule has 0 amide bonds. The number of benzene rings is 1. The normalized spacial score (nSPS) is 13.2. The number of methoxy groups -OCH3 is 1. The molecule has 0 spiro atoms. The van der Waals surface area contributed by atoms with Crippen LogP contribution >= 0.6 is 7.60 Å². The summed E-state index contributed by atoms with van der Waals surface area (Å²) in [5, 5.41) is 0. The summed E-state index contributed by atoms with van der Waals surface area (Å²) in [6, 6.07) is 5.16. The van der Waals surface area contributed by atoms with Gasteiger partial charge in [0.2, 0.25) is 0 Å². The smallest absolute Gasteiger partial charge is 0.761 e. The number of carbonyl (C=O) groups is 1. The van der Waals surface area contributed by atoms with Crippen LogP contribution < -0.4 is 39.0 Å². The van der Waals surface area contributed by atoms with E-state index in [1.54, 1.807) is 32.0 Å². The van der Waals surface area contributed by atoms with E-state index in [-0.39, 0.29) is 35.3 Å². The van der Waals surface area contributed by atoms with Crippen LogP contribution in [0, 0.1) is 13.8 Å². The Bertz CT molecular complexity index is 440. The second-order valence-electron chi connectivity index (χ2n) is 3.28. The third-order valence-electron chi connectivity index (χ3n) is 2.02. The zero-order valence-electron chi connectivity index (χ0n) is 10.2. The standard InChI is InChI=1S/C10H13O5P.Na/c1-7-5-4-6-8(2)9(7)15-16(12,13)10(11)14-3;/h4-6H,1-3H3,(H,12,13);/q;+1/p-1. The first kappa shape index (κ1) is 16.7. The van der Waals surface area contributed by atoms with E-state index in [9.17, 15) is 14.3 Å². The number of ether oxygens (including phenoxy) is 1. The predicted octanol–water partition coefficient (Wildman–Crippen LogP) is -0.994. The summed E-state index contributed by atoms with van der Waals surface area (Å²) in [7, 11) is -3.68. The van der Waals surface area contributed by atoms with E-state index in [0.29, 0.717) is 11.1 Å². The van der Waals surface area contributed by atoms with Crippen LogP contribution in [0.3, 0.4) is 0 Å². The van der Waals surface area contributed by atoms with E-state index in [1.807, 2.05) is 0 Å². The number of para-hydroxylation sites is 1. The number of hydrogen-bond acceptors (Lipinski definition) is 5. The first-order valence-electron chi connectivity index (χ1n) is 4.54. The van der Waals surface area contributed by atoms with Crippen molar-refractivity contribution in [2.24, 2.45) is 0 Å². The maximum absolute atomic E-state index is 11.4. The van der Waals surface area contributed by atoms with Crippen molar-refractivity contribution in [1.29, 1.82) is 0 Å². The van der Waals surface area contributed by atoms with Crippen LogP contribution in [-0.4, -0.2) is 12.8 Å². The van der Waals surface area contributed by atoms with Gasteiger partial charge < -0.3 is 14.2 Å². The molecule has 1 atom stereocenters. The average molecular weight is 266 g/mol. The molecular formula is C10H12NaO5P. The minimum atomic E-state index is -4.67. The second-order valence-corrected chi connectivity index (χ2v) is 4.82. The van der Waals surface area contributed by atoms with Crippen LogP contribution in [0.1, 0.15) is 11.1 Å². The van der Waals surface area contributed by atoms with Gasteiger partial charge in [-0.25, -0.2) is 4.79 Å². The number of rotatable bonds is 3. The zero-order chi connectivity index (χ0) is 12.3. The zero-order valence-corrected chi connectivity index (χ0v) is 13.1. The summed E-state index contributed by atoms with van der Waals surface area (Å²) in [5.74, 6) is 0.172. The molecule has 88 valence electrons.